The Balaban J connectivity index is 1.34. The summed E-state index contributed by atoms with van der Waals surface area (Å²) < 4.78 is 18.9. The van der Waals surface area contributed by atoms with Crippen molar-refractivity contribution < 1.29 is 19.0 Å². The van der Waals surface area contributed by atoms with Gasteiger partial charge >= 0.3 is 6.09 Å². The van der Waals surface area contributed by atoms with E-state index in [1.54, 1.807) is 12.1 Å². The molecule has 178 valence electrons. The first-order valence-electron chi connectivity index (χ1n) is 11.4. The maximum absolute atomic E-state index is 13.1. The number of piperidine rings is 1. The molecule has 1 unspecified atom stereocenters. The largest absolute Gasteiger partial charge is 0.441 e. The van der Waals surface area contributed by atoms with Gasteiger partial charge in [-0.2, -0.15) is 0 Å². The van der Waals surface area contributed by atoms with Gasteiger partial charge in [0, 0.05) is 36.8 Å². The maximum atomic E-state index is 13.1. The van der Waals surface area contributed by atoms with Gasteiger partial charge in [-0.05, 0) is 60.4 Å². The van der Waals surface area contributed by atoms with Crippen LogP contribution in [0, 0.1) is 5.82 Å². The number of aliphatic hydroxyl groups is 1. The lowest BCUT2D eigenvalue weighted by atomic mass is 9.84. The number of nitrogens with one attached hydrogen (secondary N) is 1. The molecule has 0 spiro atoms. The number of nitrogens with zero attached hydrogens (tertiary/aromatic N) is 1. The van der Waals surface area contributed by atoms with Crippen LogP contribution >= 0.6 is 11.6 Å². The molecule has 0 radical (unpaired) electrons. The van der Waals surface area contributed by atoms with Crippen LogP contribution in [0.4, 0.5) is 14.9 Å². The SMILES string of the molecule is O=C(Nc1ccc(F)cc1)OC(CCN1CCC(O)(c2ccc(Cl)cc2)CC1)c1ccccc1. The molecule has 1 saturated heterocycles. The summed E-state index contributed by atoms with van der Waals surface area (Å²) in [6.07, 6.45) is 0.836. The van der Waals surface area contributed by atoms with E-state index in [1.807, 2.05) is 42.5 Å². The summed E-state index contributed by atoms with van der Waals surface area (Å²) in [7, 11) is 0. The summed E-state index contributed by atoms with van der Waals surface area (Å²) in [5, 5.41) is 14.4. The number of amides is 1. The molecule has 4 rings (SSSR count). The Morgan fingerprint density at radius 2 is 1.68 bits per heavy atom. The van der Waals surface area contributed by atoms with Crippen molar-refractivity contribution in [2.24, 2.45) is 0 Å². The number of hydrogen-bond donors (Lipinski definition) is 2. The highest BCUT2D eigenvalue weighted by molar-refractivity contribution is 6.30. The van der Waals surface area contributed by atoms with Crippen LogP contribution in [-0.4, -0.2) is 35.7 Å². The molecule has 1 atom stereocenters. The lowest BCUT2D eigenvalue weighted by Crippen LogP contribution is -2.43. The zero-order valence-corrected chi connectivity index (χ0v) is 19.5. The second-order valence-electron chi connectivity index (χ2n) is 8.61. The minimum Gasteiger partial charge on any atom is -0.441 e. The smallest absolute Gasteiger partial charge is 0.412 e. The molecule has 1 heterocycles. The standard InChI is InChI=1S/C27H28ClFN2O3/c28-22-8-6-21(7-9-22)27(33)15-18-31(19-16-27)17-14-25(20-4-2-1-3-5-20)34-26(32)30-24-12-10-23(29)11-13-24/h1-13,25,33H,14-19H2,(H,30,32). The third kappa shape index (κ3) is 6.35. The molecule has 2 N–H and O–H groups in total. The van der Waals surface area contributed by atoms with Gasteiger partial charge in [-0.15, -0.1) is 0 Å². The van der Waals surface area contributed by atoms with Crippen molar-refractivity contribution in [2.75, 3.05) is 25.0 Å². The molecular formula is C27H28ClFN2O3. The Bertz CT molecular complexity index is 1070. The van der Waals surface area contributed by atoms with E-state index < -0.39 is 17.8 Å². The van der Waals surface area contributed by atoms with E-state index in [0.29, 0.717) is 30.0 Å². The Hall–Kier alpha value is -2.93. The molecule has 0 saturated carbocycles. The van der Waals surface area contributed by atoms with Crippen molar-refractivity contribution in [1.82, 2.24) is 4.90 Å². The first-order chi connectivity index (χ1) is 16.4. The van der Waals surface area contributed by atoms with Gasteiger partial charge < -0.3 is 14.7 Å². The highest BCUT2D eigenvalue weighted by Crippen LogP contribution is 2.34. The molecule has 5 nitrogen and oxygen atoms in total. The minimum absolute atomic E-state index is 0.370. The Labute approximate surface area is 204 Å². The number of likely N-dealkylation sites (tertiary alicyclic amines) is 1. The zero-order chi connectivity index (χ0) is 24.0. The highest BCUT2D eigenvalue weighted by Gasteiger charge is 2.34. The van der Waals surface area contributed by atoms with E-state index in [1.165, 1.54) is 24.3 Å². The van der Waals surface area contributed by atoms with Crippen LogP contribution in [0.15, 0.2) is 78.9 Å². The summed E-state index contributed by atoms with van der Waals surface area (Å²) in [4.78, 5) is 14.8. The van der Waals surface area contributed by atoms with Gasteiger partial charge in [0.15, 0.2) is 0 Å². The molecule has 34 heavy (non-hydrogen) atoms. The molecule has 0 aliphatic carbocycles. The second-order valence-corrected chi connectivity index (χ2v) is 9.04. The monoisotopic (exact) mass is 482 g/mol. The third-order valence-electron chi connectivity index (χ3n) is 6.28. The van der Waals surface area contributed by atoms with Crippen LogP contribution in [0.1, 0.15) is 36.5 Å². The first kappa shape index (κ1) is 24.2. The average molecular weight is 483 g/mol. The van der Waals surface area contributed by atoms with Crippen molar-refractivity contribution in [3.63, 3.8) is 0 Å². The number of halogens is 2. The fourth-order valence-corrected chi connectivity index (χ4v) is 4.39. The Morgan fingerprint density at radius 3 is 2.32 bits per heavy atom. The fourth-order valence-electron chi connectivity index (χ4n) is 4.27. The van der Waals surface area contributed by atoms with Crippen molar-refractivity contribution in [3.8, 4) is 0 Å². The van der Waals surface area contributed by atoms with Gasteiger partial charge in [0.1, 0.15) is 11.9 Å². The van der Waals surface area contributed by atoms with Crippen LogP contribution < -0.4 is 5.32 Å². The Morgan fingerprint density at radius 1 is 1.03 bits per heavy atom. The normalized spacial score (nSPS) is 16.6. The molecule has 1 amide bonds. The molecule has 0 bridgehead atoms. The van der Waals surface area contributed by atoms with Crippen LogP contribution in [0.25, 0.3) is 0 Å². The van der Waals surface area contributed by atoms with E-state index in [9.17, 15) is 14.3 Å². The van der Waals surface area contributed by atoms with Crippen LogP contribution in [0.2, 0.25) is 5.02 Å². The molecular weight excluding hydrogens is 455 g/mol. The Kier molecular flexibility index (Phi) is 7.83. The van der Waals surface area contributed by atoms with E-state index in [0.717, 1.165) is 30.8 Å². The minimum atomic E-state index is -0.856. The lowest BCUT2D eigenvalue weighted by Gasteiger charge is -2.39. The number of ether oxygens (including phenoxy) is 1. The van der Waals surface area contributed by atoms with E-state index in [4.69, 9.17) is 16.3 Å². The first-order valence-corrected chi connectivity index (χ1v) is 11.8. The zero-order valence-electron chi connectivity index (χ0n) is 18.8. The van der Waals surface area contributed by atoms with Crippen LogP contribution in [0.5, 0.6) is 0 Å². The van der Waals surface area contributed by atoms with Crippen molar-refractivity contribution in [1.29, 1.82) is 0 Å². The molecule has 1 fully saturated rings. The number of carbonyl (C=O) groups is 1. The summed E-state index contributed by atoms with van der Waals surface area (Å²) >= 11 is 5.98. The molecule has 1 aliphatic rings. The molecule has 7 heteroatoms. The summed E-state index contributed by atoms with van der Waals surface area (Å²) in [5.41, 5.74) is 1.41. The van der Waals surface area contributed by atoms with Gasteiger partial charge in [-0.3, -0.25) is 5.32 Å². The number of hydrogen-bond acceptors (Lipinski definition) is 4. The average Bonchev–Trinajstić information content (AvgIpc) is 2.85. The highest BCUT2D eigenvalue weighted by atomic mass is 35.5. The van der Waals surface area contributed by atoms with Crippen LogP contribution in [0.3, 0.4) is 0 Å². The predicted octanol–water partition coefficient (Wildman–Crippen LogP) is 6.14. The van der Waals surface area contributed by atoms with E-state index in [2.05, 4.69) is 10.2 Å². The van der Waals surface area contributed by atoms with Gasteiger partial charge in [0.25, 0.3) is 0 Å². The fraction of sp³-hybridized carbons (Fsp3) is 0.296. The third-order valence-corrected chi connectivity index (χ3v) is 6.54. The van der Waals surface area contributed by atoms with Gasteiger partial charge in [0.05, 0.1) is 5.60 Å². The molecule has 1 aliphatic heterocycles. The van der Waals surface area contributed by atoms with E-state index >= 15 is 0 Å². The topological polar surface area (TPSA) is 61.8 Å². The van der Waals surface area contributed by atoms with Gasteiger partial charge in [-0.1, -0.05) is 54.1 Å². The van der Waals surface area contributed by atoms with Crippen molar-refractivity contribution >= 4 is 23.4 Å². The molecule has 3 aromatic rings. The number of anilines is 1. The van der Waals surface area contributed by atoms with Gasteiger partial charge in [0.2, 0.25) is 0 Å². The van der Waals surface area contributed by atoms with Crippen molar-refractivity contribution in [3.05, 3.63) is 101 Å². The van der Waals surface area contributed by atoms with E-state index in [-0.39, 0.29) is 5.82 Å². The second kappa shape index (κ2) is 11.0. The van der Waals surface area contributed by atoms with Gasteiger partial charge in [-0.25, -0.2) is 9.18 Å². The number of rotatable bonds is 7. The number of carbonyl (C=O) groups excluding carboxylic acids is 1. The summed E-state index contributed by atoms with van der Waals surface area (Å²) in [6.45, 7) is 2.20. The quantitative estimate of drug-likeness (QED) is 0.424. The van der Waals surface area contributed by atoms with Crippen LogP contribution in [-0.2, 0) is 10.3 Å². The maximum Gasteiger partial charge on any atom is 0.412 e. The lowest BCUT2D eigenvalue weighted by molar-refractivity contribution is -0.0282. The summed E-state index contributed by atoms with van der Waals surface area (Å²) in [5.74, 6) is -0.370. The predicted molar refractivity (Wildman–Crippen MR) is 131 cm³/mol. The summed E-state index contributed by atoms with van der Waals surface area (Å²) in [6, 6.07) is 22.5. The molecule has 3 aromatic carbocycles. The number of benzene rings is 3. The van der Waals surface area contributed by atoms with Crippen molar-refractivity contribution in [2.45, 2.75) is 31.0 Å². The molecule has 0 aromatic heterocycles.